The Morgan fingerprint density at radius 3 is 2.37 bits per heavy atom. The lowest BCUT2D eigenvalue weighted by Crippen LogP contribution is -2.12. The maximum absolute atomic E-state index is 13.3. The van der Waals surface area contributed by atoms with Gasteiger partial charge in [0.15, 0.2) is 5.76 Å². The molecule has 0 spiro atoms. The van der Waals surface area contributed by atoms with E-state index >= 15 is 0 Å². The highest BCUT2D eigenvalue weighted by Crippen LogP contribution is 2.32. The highest BCUT2D eigenvalue weighted by atomic mass is 16.5. The van der Waals surface area contributed by atoms with Crippen LogP contribution in [0.2, 0.25) is 0 Å². The lowest BCUT2D eigenvalue weighted by atomic mass is 10.1. The fourth-order valence-corrected chi connectivity index (χ4v) is 3.42. The predicted molar refractivity (Wildman–Crippen MR) is 119 cm³/mol. The Kier molecular flexibility index (Phi) is 5.84. The van der Waals surface area contributed by atoms with Gasteiger partial charge < -0.3 is 13.9 Å². The highest BCUT2D eigenvalue weighted by molar-refractivity contribution is 5.82. The van der Waals surface area contributed by atoms with Gasteiger partial charge in [0.2, 0.25) is 11.2 Å². The number of ether oxygens (including phenoxy) is 2. The van der Waals surface area contributed by atoms with E-state index in [1.54, 1.807) is 7.11 Å². The topological polar surface area (TPSA) is 48.7 Å². The summed E-state index contributed by atoms with van der Waals surface area (Å²) in [6.07, 6.45) is 1.55. The van der Waals surface area contributed by atoms with Crippen LogP contribution in [0.3, 0.4) is 0 Å². The normalized spacial score (nSPS) is 10.9. The van der Waals surface area contributed by atoms with Crippen LogP contribution in [0.1, 0.15) is 18.1 Å². The van der Waals surface area contributed by atoms with Gasteiger partial charge >= 0.3 is 0 Å². The van der Waals surface area contributed by atoms with Crippen molar-refractivity contribution in [3.8, 4) is 22.8 Å². The molecule has 0 aliphatic rings. The Morgan fingerprint density at radius 1 is 0.900 bits per heavy atom. The van der Waals surface area contributed by atoms with E-state index in [1.165, 1.54) is 0 Å². The first-order chi connectivity index (χ1) is 14.7. The first kappa shape index (κ1) is 19.8. The molecule has 4 aromatic rings. The van der Waals surface area contributed by atoms with E-state index in [9.17, 15) is 4.79 Å². The SMILES string of the molecule is CCc1ccc2oc(-c3ccc(OC)cc3)c(OCCc3ccccc3)c(=O)c2c1. The molecule has 152 valence electrons. The molecule has 0 aliphatic carbocycles. The second kappa shape index (κ2) is 8.87. The zero-order chi connectivity index (χ0) is 20.9. The van der Waals surface area contributed by atoms with Crippen molar-refractivity contribution in [2.75, 3.05) is 13.7 Å². The molecular weight excluding hydrogens is 376 g/mol. The van der Waals surface area contributed by atoms with Crippen LogP contribution in [0.5, 0.6) is 11.5 Å². The second-order valence-electron chi connectivity index (χ2n) is 7.09. The Morgan fingerprint density at radius 2 is 1.67 bits per heavy atom. The zero-order valence-corrected chi connectivity index (χ0v) is 17.2. The van der Waals surface area contributed by atoms with E-state index in [4.69, 9.17) is 13.9 Å². The summed E-state index contributed by atoms with van der Waals surface area (Å²) in [7, 11) is 1.62. The lowest BCUT2D eigenvalue weighted by molar-refractivity contribution is 0.313. The average molecular weight is 400 g/mol. The summed E-state index contributed by atoms with van der Waals surface area (Å²) < 4.78 is 17.4. The Bertz CT molecular complexity index is 1190. The minimum atomic E-state index is -0.148. The molecule has 0 amide bonds. The van der Waals surface area contributed by atoms with Crippen LogP contribution in [0.4, 0.5) is 0 Å². The molecule has 0 aliphatic heterocycles. The lowest BCUT2D eigenvalue weighted by Gasteiger charge is -2.13. The maximum Gasteiger partial charge on any atom is 0.235 e. The van der Waals surface area contributed by atoms with E-state index in [1.807, 2.05) is 72.8 Å². The molecule has 0 saturated heterocycles. The van der Waals surface area contributed by atoms with Crippen molar-refractivity contribution in [2.45, 2.75) is 19.8 Å². The summed E-state index contributed by atoms with van der Waals surface area (Å²) in [4.78, 5) is 13.3. The van der Waals surface area contributed by atoms with Gasteiger partial charge in [-0.1, -0.05) is 43.3 Å². The van der Waals surface area contributed by atoms with Crippen molar-refractivity contribution < 1.29 is 13.9 Å². The number of hydrogen-bond acceptors (Lipinski definition) is 4. The van der Waals surface area contributed by atoms with Gasteiger partial charge in [-0.25, -0.2) is 0 Å². The predicted octanol–water partition coefficient (Wildman–Crippen LogP) is 5.65. The van der Waals surface area contributed by atoms with Crippen LogP contribution in [-0.2, 0) is 12.8 Å². The van der Waals surface area contributed by atoms with Gasteiger partial charge in [-0.3, -0.25) is 4.79 Å². The van der Waals surface area contributed by atoms with E-state index in [-0.39, 0.29) is 11.2 Å². The van der Waals surface area contributed by atoms with E-state index in [0.29, 0.717) is 29.8 Å². The summed E-state index contributed by atoms with van der Waals surface area (Å²) in [6.45, 7) is 2.45. The molecule has 4 rings (SSSR count). The second-order valence-corrected chi connectivity index (χ2v) is 7.09. The van der Waals surface area contributed by atoms with Gasteiger partial charge in [0.25, 0.3) is 0 Å². The van der Waals surface area contributed by atoms with E-state index in [0.717, 1.165) is 28.9 Å². The van der Waals surface area contributed by atoms with Crippen LogP contribution in [0.25, 0.3) is 22.3 Å². The van der Waals surface area contributed by atoms with Crippen molar-refractivity contribution >= 4 is 11.0 Å². The maximum atomic E-state index is 13.3. The minimum absolute atomic E-state index is 0.148. The van der Waals surface area contributed by atoms with Gasteiger partial charge in [0.05, 0.1) is 19.1 Å². The molecule has 0 radical (unpaired) electrons. The van der Waals surface area contributed by atoms with Crippen molar-refractivity contribution in [1.29, 1.82) is 0 Å². The quantitative estimate of drug-likeness (QED) is 0.402. The number of benzene rings is 3. The number of aryl methyl sites for hydroxylation is 1. The molecule has 30 heavy (non-hydrogen) atoms. The molecule has 0 atom stereocenters. The molecule has 0 unspecified atom stereocenters. The molecule has 0 N–H and O–H groups in total. The van der Waals surface area contributed by atoms with Crippen LogP contribution in [0, 0.1) is 0 Å². The first-order valence-corrected chi connectivity index (χ1v) is 10.1. The fraction of sp³-hybridized carbons (Fsp3) is 0.192. The third-order valence-electron chi connectivity index (χ3n) is 5.15. The van der Waals surface area contributed by atoms with Crippen molar-refractivity contribution in [1.82, 2.24) is 0 Å². The van der Waals surface area contributed by atoms with Crippen LogP contribution in [0.15, 0.2) is 82.0 Å². The first-order valence-electron chi connectivity index (χ1n) is 10.1. The Labute approximate surface area is 175 Å². The fourth-order valence-electron chi connectivity index (χ4n) is 3.42. The molecular formula is C26H24O4. The molecule has 1 heterocycles. The standard InChI is InChI=1S/C26H24O4/c1-3-18-9-14-23-22(17-18)24(27)26(29-16-15-19-7-5-4-6-8-19)25(30-23)20-10-12-21(28-2)13-11-20/h4-14,17H,3,15-16H2,1-2H3. The van der Waals surface area contributed by atoms with Crippen LogP contribution < -0.4 is 14.9 Å². The van der Waals surface area contributed by atoms with E-state index in [2.05, 4.69) is 6.92 Å². The number of methoxy groups -OCH3 is 1. The Hall–Kier alpha value is -3.53. The summed E-state index contributed by atoms with van der Waals surface area (Å²) in [6, 6.07) is 23.2. The molecule has 0 saturated carbocycles. The zero-order valence-electron chi connectivity index (χ0n) is 17.2. The minimum Gasteiger partial charge on any atom is -0.497 e. The third kappa shape index (κ3) is 4.08. The molecule has 3 aromatic carbocycles. The van der Waals surface area contributed by atoms with Gasteiger partial charge in [-0.15, -0.1) is 0 Å². The Balaban J connectivity index is 1.76. The number of rotatable bonds is 7. The largest absolute Gasteiger partial charge is 0.497 e. The smallest absolute Gasteiger partial charge is 0.235 e. The van der Waals surface area contributed by atoms with Crippen LogP contribution in [-0.4, -0.2) is 13.7 Å². The van der Waals surface area contributed by atoms with Gasteiger partial charge in [0, 0.05) is 12.0 Å². The van der Waals surface area contributed by atoms with E-state index < -0.39 is 0 Å². The van der Waals surface area contributed by atoms with Crippen molar-refractivity contribution in [2.24, 2.45) is 0 Å². The molecule has 0 fully saturated rings. The number of fused-ring (bicyclic) bond motifs is 1. The molecule has 1 aromatic heterocycles. The molecule has 0 bridgehead atoms. The monoisotopic (exact) mass is 400 g/mol. The number of hydrogen-bond donors (Lipinski definition) is 0. The summed E-state index contributed by atoms with van der Waals surface area (Å²) in [5.74, 6) is 1.42. The van der Waals surface area contributed by atoms with Crippen LogP contribution >= 0.6 is 0 Å². The average Bonchev–Trinajstić information content (AvgIpc) is 2.81. The summed E-state index contributed by atoms with van der Waals surface area (Å²) in [5.41, 5.74) is 3.41. The summed E-state index contributed by atoms with van der Waals surface area (Å²) in [5, 5.41) is 0.543. The van der Waals surface area contributed by atoms with Crippen molar-refractivity contribution in [3.05, 3.63) is 94.1 Å². The highest BCUT2D eigenvalue weighted by Gasteiger charge is 2.18. The third-order valence-corrected chi connectivity index (χ3v) is 5.15. The molecule has 4 nitrogen and oxygen atoms in total. The summed E-state index contributed by atoms with van der Waals surface area (Å²) >= 11 is 0. The van der Waals surface area contributed by atoms with Crippen molar-refractivity contribution in [3.63, 3.8) is 0 Å². The molecule has 4 heteroatoms. The van der Waals surface area contributed by atoms with Gasteiger partial charge in [-0.05, 0) is 53.9 Å². The van der Waals surface area contributed by atoms with Gasteiger partial charge in [0.1, 0.15) is 11.3 Å². The van der Waals surface area contributed by atoms with Gasteiger partial charge in [-0.2, -0.15) is 0 Å².